The lowest BCUT2D eigenvalue weighted by atomic mass is 9.81. The van der Waals surface area contributed by atoms with Crippen molar-refractivity contribution in [3.63, 3.8) is 0 Å². The van der Waals surface area contributed by atoms with Crippen LogP contribution in [0.25, 0.3) is 11.3 Å². The molecule has 3 nitrogen and oxygen atoms in total. The van der Waals surface area contributed by atoms with Crippen LogP contribution in [0.2, 0.25) is 0 Å². The van der Waals surface area contributed by atoms with E-state index in [1.165, 1.54) is 5.56 Å². The summed E-state index contributed by atoms with van der Waals surface area (Å²) in [7, 11) is 0. The molecule has 0 saturated heterocycles. The number of hydrogen-bond donors (Lipinski definition) is 2. The molecule has 1 aliphatic carbocycles. The van der Waals surface area contributed by atoms with Crippen LogP contribution in [0.15, 0.2) is 30.3 Å². The van der Waals surface area contributed by atoms with E-state index in [2.05, 4.69) is 24.0 Å². The third-order valence-electron chi connectivity index (χ3n) is 4.18. The van der Waals surface area contributed by atoms with Crippen molar-refractivity contribution < 1.29 is 4.79 Å². The van der Waals surface area contributed by atoms with Crippen molar-refractivity contribution in [1.82, 2.24) is 4.98 Å². The average molecular weight is 298 g/mol. The summed E-state index contributed by atoms with van der Waals surface area (Å²) in [5, 5.41) is 0. The number of aromatic nitrogens is 1. The van der Waals surface area contributed by atoms with E-state index in [-0.39, 0.29) is 0 Å². The van der Waals surface area contributed by atoms with Gasteiger partial charge in [-0.25, -0.2) is 0 Å². The fourth-order valence-electron chi connectivity index (χ4n) is 3.14. The standard InChI is InChI=1S/C17H18N2OS/c1-10-7-8-12-13(9-10)14(16(18)20)17(21)19-15(12)11-5-3-2-4-6-11/h2-6,10H,7-9H2,1H3,(H2,18,20)(H,19,21). The molecule has 0 saturated carbocycles. The predicted octanol–water partition coefficient (Wildman–Crippen LogP) is 3.63. The van der Waals surface area contributed by atoms with Crippen LogP contribution in [0.4, 0.5) is 0 Å². The largest absolute Gasteiger partial charge is 0.365 e. The molecular weight excluding hydrogens is 280 g/mol. The average Bonchev–Trinajstić information content (AvgIpc) is 2.46. The predicted molar refractivity (Wildman–Crippen MR) is 86.8 cm³/mol. The maximum atomic E-state index is 11.8. The van der Waals surface area contributed by atoms with E-state index < -0.39 is 5.91 Å². The van der Waals surface area contributed by atoms with E-state index in [1.54, 1.807) is 0 Å². The van der Waals surface area contributed by atoms with Crippen molar-refractivity contribution in [1.29, 1.82) is 0 Å². The molecule has 21 heavy (non-hydrogen) atoms. The number of nitrogens with two attached hydrogens (primary N) is 1. The van der Waals surface area contributed by atoms with Crippen LogP contribution < -0.4 is 5.73 Å². The molecule has 0 bridgehead atoms. The van der Waals surface area contributed by atoms with Gasteiger partial charge in [-0.2, -0.15) is 0 Å². The molecule has 3 rings (SSSR count). The maximum Gasteiger partial charge on any atom is 0.251 e. The SMILES string of the molecule is CC1CCc2c(-c3ccccc3)[nH]c(=S)c(C(N)=O)c2C1. The second-order valence-electron chi connectivity index (χ2n) is 5.74. The van der Waals surface area contributed by atoms with Crippen LogP contribution in [0.5, 0.6) is 0 Å². The molecule has 4 heteroatoms. The number of amides is 1. The molecule has 1 unspecified atom stereocenters. The second kappa shape index (κ2) is 5.45. The third kappa shape index (κ3) is 2.51. The molecule has 1 heterocycles. The molecule has 1 aliphatic rings. The number of carbonyl (C=O) groups is 1. The minimum absolute atomic E-state index is 0.429. The summed E-state index contributed by atoms with van der Waals surface area (Å²) in [6, 6.07) is 10.1. The lowest BCUT2D eigenvalue weighted by Gasteiger charge is -2.26. The molecule has 1 aromatic heterocycles. The Hall–Kier alpha value is -1.94. The van der Waals surface area contributed by atoms with E-state index in [0.717, 1.165) is 36.1 Å². The van der Waals surface area contributed by atoms with Gasteiger partial charge >= 0.3 is 0 Å². The quantitative estimate of drug-likeness (QED) is 0.832. The summed E-state index contributed by atoms with van der Waals surface area (Å²) in [4.78, 5) is 15.0. The molecule has 2 aromatic rings. The van der Waals surface area contributed by atoms with Crippen LogP contribution in [0.3, 0.4) is 0 Å². The second-order valence-corrected chi connectivity index (χ2v) is 6.15. The van der Waals surface area contributed by atoms with Crippen molar-refractivity contribution in [2.75, 3.05) is 0 Å². The number of fused-ring (bicyclic) bond motifs is 1. The van der Waals surface area contributed by atoms with Crippen molar-refractivity contribution in [2.45, 2.75) is 26.2 Å². The van der Waals surface area contributed by atoms with Crippen LogP contribution in [0, 0.1) is 10.6 Å². The fourth-order valence-corrected chi connectivity index (χ4v) is 3.47. The monoisotopic (exact) mass is 298 g/mol. The molecule has 0 fully saturated rings. The molecule has 1 amide bonds. The van der Waals surface area contributed by atoms with Gasteiger partial charge in [-0.05, 0) is 41.9 Å². The Kier molecular flexibility index (Phi) is 3.64. The van der Waals surface area contributed by atoms with Crippen molar-refractivity contribution in [3.05, 3.63) is 51.7 Å². The number of primary amides is 1. The third-order valence-corrected chi connectivity index (χ3v) is 4.49. The van der Waals surface area contributed by atoms with E-state index in [4.69, 9.17) is 18.0 Å². The molecule has 3 N–H and O–H groups in total. The van der Waals surface area contributed by atoms with E-state index in [0.29, 0.717) is 16.1 Å². The molecular formula is C17H18N2OS. The first-order valence-corrected chi connectivity index (χ1v) is 7.62. The number of carbonyl (C=O) groups excluding carboxylic acids is 1. The Morgan fingerprint density at radius 1 is 1.29 bits per heavy atom. The van der Waals surface area contributed by atoms with Crippen molar-refractivity contribution >= 4 is 18.1 Å². The Bertz CT molecular complexity index is 749. The van der Waals surface area contributed by atoms with Gasteiger partial charge in [0.15, 0.2) is 0 Å². The van der Waals surface area contributed by atoms with E-state index in [9.17, 15) is 4.79 Å². The van der Waals surface area contributed by atoms with Gasteiger partial charge in [-0.15, -0.1) is 0 Å². The summed E-state index contributed by atoms with van der Waals surface area (Å²) < 4.78 is 0.453. The lowest BCUT2D eigenvalue weighted by Crippen LogP contribution is -2.22. The number of pyridine rings is 1. The maximum absolute atomic E-state index is 11.8. The molecule has 1 atom stereocenters. The van der Waals surface area contributed by atoms with Gasteiger partial charge in [0, 0.05) is 5.69 Å². The van der Waals surface area contributed by atoms with Crippen LogP contribution in [-0.4, -0.2) is 10.9 Å². The number of aromatic amines is 1. The first kappa shape index (κ1) is 14.0. The van der Waals surface area contributed by atoms with Crippen molar-refractivity contribution in [3.8, 4) is 11.3 Å². The molecule has 0 aliphatic heterocycles. The number of rotatable bonds is 2. The van der Waals surface area contributed by atoms with Crippen LogP contribution in [0.1, 0.15) is 34.8 Å². The smallest absolute Gasteiger partial charge is 0.251 e. The zero-order valence-corrected chi connectivity index (χ0v) is 12.8. The number of hydrogen-bond acceptors (Lipinski definition) is 2. The Morgan fingerprint density at radius 2 is 2.00 bits per heavy atom. The topological polar surface area (TPSA) is 58.9 Å². The highest BCUT2D eigenvalue weighted by molar-refractivity contribution is 7.71. The summed E-state index contributed by atoms with van der Waals surface area (Å²) in [5.74, 6) is 0.122. The van der Waals surface area contributed by atoms with Crippen LogP contribution >= 0.6 is 12.2 Å². The normalized spacial score (nSPS) is 17.3. The van der Waals surface area contributed by atoms with Gasteiger partial charge in [0.25, 0.3) is 5.91 Å². The highest BCUT2D eigenvalue weighted by atomic mass is 32.1. The highest BCUT2D eigenvalue weighted by Crippen LogP contribution is 2.34. The van der Waals surface area contributed by atoms with E-state index in [1.807, 2.05) is 18.2 Å². The van der Waals surface area contributed by atoms with Gasteiger partial charge in [0.2, 0.25) is 0 Å². The summed E-state index contributed by atoms with van der Waals surface area (Å²) in [6.07, 6.45) is 2.94. The molecule has 0 radical (unpaired) electrons. The van der Waals surface area contributed by atoms with Gasteiger partial charge in [0.1, 0.15) is 4.64 Å². The Morgan fingerprint density at radius 3 is 2.67 bits per heavy atom. The number of benzene rings is 1. The molecule has 0 spiro atoms. The first-order chi connectivity index (χ1) is 10.1. The summed E-state index contributed by atoms with van der Waals surface area (Å²) in [6.45, 7) is 2.20. The van der Waals surface area contributed by atoms with Gasteiger partial charge in [0.05, 0.1) is 5.56 Å². The number of nitrogens with one attached hydrogen (secondary N) is 1. The van der Waals surface area contributed by atoms with Gasteiger partial charge < -0.3 is 10.7 Å². The van der Waals surface area contributed by atoms with Gasteiger partial charge in [-0.3, -0.25) is 4.79 Å². The highest BCUT2D eigenvalue weighted by Gasteiger charge is 2.25. The van der Waals surface area contributed by atoms with E-state index >= 15 is 0 Å². The first-order valence-electron chi connectivity index (χ1n) is 7.21. The number of H-pyrrole nitrogens is 1. The summed E-state index contributed by atoms with van der Waals surface area (Å²) >= 11 is 5.38. The molecule has 108 valence electrons. The van der Waals surface area contributed by atoms with Crippen LogP contribution in [-0.2, 0) is 12.8 Å². The summed E-state index contributed by atoms with van der Waals surface area (Å²) in [5.41, 5.74) is 10.4. The van der Waals surface area contributed by atoms with Crippen molar-refractivity contribution in [2.24, 2.45) is 11.7 Å². The minimum atomic E-state index is -0.429. The Labute approximate surface area is 129 Å². The minimum Gasteiger partial charge on any atom is -0.365 e. The lowest BCUT2D eigenvalue weighted by molar-refractivity contribution is 0.0998. The zero-order valence-electron chi connectivity index (χ0n) is 12.0. The zero-order chi connectivity index (χ0) is 15.0. The Balaban J connectivity index is 2.29. The molecule has 1 aromatic carbocycles. The fraction of sp³-hybridized carbons (Fsp3) is 0.294. The van der Waals surface area contributed by atoms with Gasteiger partial charge in [-0.1, -0.05) is 49.5 Å².